The van der Waals surface area contributed by atoms with Crippen molar-refractivity contribution in [3.63, 3.8) is 0 Å². The molecule has 3 aromatic rings. The Labute approximate surface area is 168 Å². The van der Waals surface area contributed by atoms with Gasteiger partial charge in [-0.15, -0.1) is 0 Å². The standard InChI is InChI=1S/C18H17ClF2N4O4/c19-11-3-14-16(25-17(27)23-14)24-15(11)22-4-10-12(20)1-9(2-13(10)21)29-8-18(5-26)6-28-7-18/h1-3,26H,4-8H2,(H3,22,23,24,25,27). The van der Waals surface area contributed by atoms with Crippen molar-refractivity contribution in [2.45, 2.75) is 6.54 Å². The minimum absolute atomic E-state index is 0.0213. The molecule has 3 heterocycles. The second kappa shape index (κ2) is 7.62. The van der Waals surface area contributed by atoms with E-state index in [1.54, 1.807) is 0 Å². The lowest BCUT2D eigenvalue weighted by Crippen LogP contribution is -2.49. The second-order valence-electron chi connectivity index (χ2n) is 6.91. The molecule has 1 fully saturated rings. The Morgan fingerprint density at radius 1 is 1.24 bits per heavy atom. The van der Waals surface area contributed by atoms with Crippen LogP contribution in [0.1, 0.15) is 5.56 Å². The molecule has 4 N–H and O–H groups in total. The molecule has 0 bridgehead atoms. The maximum atomic E-state index is 14.4. The molecule has 0 saturated carbocycles. The first kappa shape index (κ1) is 19.6. The lowest BCUT2D eigenvalue weighted by molar-refractivity contribution is -0.153. The average Bonchev–Trinajstić information content (AvgIpc) is 2.99. The van der Waals surface area contributed by atoms with Crippen molar-refractivity contribution in [3.05, 3.63) is 40.4 Å². The van der Waals surface area contributed by atoms with Gasteiger partial charge in [0.1, 0.15) is 29.8 Å². The number of fused-ring (bicyclic) bond motifs is 1. The van der Waals surface area contributed by atoms with Gasteiger partial charge in [0.25, 0.3) is 6.01 Å². The summed E-state index contributed by atoms with van der Waals surface area (Å²) in [4.78, 5) is 10.5. The quantitative estimate of drug-likeness (QED) is 0.459. The summed E-state index contributed by atoms with van der Waals surface area (Å²) in [7, 11) is 0. The molecule has 0 atom stereocenters. The van der Waals surface area contributed by atoms with Crippen molar-refractivity contribution < 1.29 is 28.5 Å². The molecule has 1 aliphatic rings. The Morgan fingerprint density at radius 2 is 1.97 bits per heavy atom. The van der Waals surface area contributed by atoms with Gasteiger partial charge in [0.15, 0.2) is 5.65 Å². The summed E-state index contributed by atoms with van der Waals surface area (Å²) in [6.45, 7) is 0.410. The number of hydrogen-bond donors (Lipinski definition) is 4. The summed E-state index contributed by atoms with van der Waals surface area (Å²) in [6.07, 6.45) is 0. The predicted molar refractivity (Wildman–Crippen MR) is 100 cm³/mol. The molecular formula is C18H17ClF2N4O4. The summed E-state index contributed by atoms with van der Waals surface area (Å²) in [6, 6.07) is 3.33. The zero-order valence-corrected chi connectivity index (χ0v) is 15.8. The Kier molecular flexibility index (Phi) is 5.15. The van der Waals surface area contributed by atoms with Crippen molar-refractivity contribution in [2.24, 2.45) is 5.41 Å². The average molecular weight is 427 g/mol. The van der Waals surface area contributed by atoms with Crippen LogP contribution in [-0.2, 0) is 11.3 Å². The van der Waals surface area contributed by atoms with Crippen molar-refractivity contribution in [3.8, 4) is 11.8 Å². The highest BCUT2D eigenvalue weighted by molar-refractivity contribution is 6.33. The number of ether oxygens (including phenoxy) is 2. The van der Waals surface area contributed by atoms with Gasteiger partial charge in [0.05, 0.1) is 35.8 Å². The fraction of sp³-hybridized carbons (Fsp3) is 0.333. The van der Waals surface area contributed by atoms with Crippen molar-refractivity contribution in [1.29, 1.82) is 0 Å². The summed E-state index contributed by atoms with van der Waals surface area (Å²) < 4.78 is 39.4. The first-order valence-electron chi connectivity index (χ1n) is 8.67. The number of aliphatic hydroxyl groups is 1. The number of imidazole rings is 1. The van der Waals surface area contributed by atoms with Crippen LogP contribution in [0.4, 0.5) is 14.6 Å². The van der Waals surface area contributed by atoms with Gasteiger partial charge in [0.2, 0.25) is 0 Å². The number of H-pyrrole nitrogens is 1. The van der Waals surface area contributed by atoms with Crippen molar-refractivity contribution in [1.82, 2.24) is 15.0 Å². The van der Waals surface area contributed by atoms with Crippen LogP contribution in [-0.4, -0.2) is 51.6 Å². The van der Waals surface area contributed by atoms with E-state index < -0.39 is 17.0 Å². The molecule has 11 heteroatoms. The molecule has 0 aliphatic carbocycles. The summed E-state index contributed by atoms with van der Waals surface area (Å²) >= 11 is 6.11. The van der Waals surface area contributed by atoms with Crippen LogP contribution in [0.5, 0.6) is 11.8 Å². The monoisotopic (exact) mass is 426 g/mol. The zero-order valence-electron chi connectivity index (χ0n) is 15.0. The molecule has 0 spiro atoms. The lowest BCUT2D eigenvalue weighted by atomic mass is 9.88. The van der Waals surface area contributed by atoms with Crippen LogP contribution in [0.25, 0.3) is 11.2 Å². The van der Waals surface area contributed by atoms with Gasteiger partial charge >= 0.3 is 0 Å². The third-order valence-corrected chi connectivity index (χ3v) is 4.95. The number of hydrogen-bond acceptors (Lipinski definition) is 7. The van der Waals surface area contributed by atoms with Crippen LogP contribution in [0, 0.1) is 17.0 Å². The highest BCUT2D eigenvalue weighted by atomic mass is 35.5. The number of halogens is 3. The highest BCUT2D eigenvalue weighted by Gasteiger charge is 2.39. The smallest absolute Gasteiger partial charge is 0.293 e. The SMILES string of the molecule is OCC1(COc2cc(F)c(CNc3nc4nc(O)[nH]c4cc3Cl)c(F)c2)COC1. The van der Waals surface area contributed by atoms with Crippen LogP contribution in [0.2, 0.25) is 5.02 Å². The van der Waals surface area contributed by atoms with E-state index in [1.807, 2.05) is 0 Å². The van der Waals surface area contributed by atoms with Crippen LogP contribution in [0.15, 0.2) is 18.2 Å². The number of aromatic hydroxyl groups is 1. The minimum Gasteiger partial charge on any atom is -0.493 e. The molecule has 1 aliphatic heterocycles. The van der Waals surface area contributed by atoms with E-state index in [4.69, 9.17) is 21.1 Å². The number of pyridine rings is 1. The molecule has 1 saturated heterocycles. The van der Waals surface area contributed by atoms with Gasteiger partial charge in [-0.2, -0.15) is 4.98 Å². The van der Waals surface area contributed by atoms with E-state index in [1.165, 1.54) is 6.07 Å². The molecule has 1 aromatic carbocycles. The van der Waals surface area contributed by atoms with Crippen molar-refractivity contribution >= 4 is 28.6 Å². The molecule has 4 rings (SSSR count). The van der Waals surface area contributed by atoms with Crippen LogP contribution < -0.4 is 10.1 Å². The minimum atomic E-state index is -0.801. The normalized spacial score (nSPS) is 15.3. The third-order valence-electron chi connectivity index (χ3n) is 4.66. The summed E-state index contributed by atoms with van der Waals surface area (Å²) in [5.41, 5.74) is -0.120. The fourth-order valence-electron chi connectivity index (χ4n) is 2.88. The number of rotatable bonds is 7. The molecule has 29 heavy (non-hydrogen) atoms. The molecular weight excluding hydrogens is 410 g/mol. The Hall–Kier alpha value is -2.69. The van der Waals surface area contributed by atoms with E-state index in [0.717, 1.165) is 12.1 Å². The maximum Gasteiger partial charge on any atom is 0.293 e. The number of aliphatic hydroxyl groups excluding tert-OH is 1. The Balaban J connectivity index is 1.47. The van der Waals surface area contributed by atoms with Gasteiger partial charge in [-0.1, -0.05) is 11.6 Å². The van der Waals surface area contributed by atoms with E-state index >= 15 is 0 Å². The molecule has 0 radical (unpaired) electrons. The molecule has 0 unspecified atom stereocenters. The van der Waals surface area contributed by atoms with Gasteiger partial charge in [0, 0.05) is 24.2 Å². The number of anilines is 1. The van der Waals surface area contributed by atoms with E-state index in [2.05, 4.69) is 20.3 Å². The number of aromatic nitrogens is 3. The fourth-order valence-corrected chi connectivity index (χ4v) is 3.10. The van der Waals surface area contributed by atoms with Crippen molar-refractivity contribution in [2.75, 3.05) is 31.7 Å². The van der Waals surface area contributed by atoms with E-state index in [9.17, 15) is 19.0 Å². The van der Waals surface area contributed by atoms with Gasteiger partial charge < -0.3 is 30.0 Å². The largest absolute Gasteiger partial charge is 0.493 e. The first-order chi connectivity index (χ1) is 13.9. The third kappa shape index (κ3) is 3.91. The first-order valence-corrected chi connectivity index (χ1v) is 9.05. The topological polar surface area (TPSA) is 113 Å². The maximum absolute atomic E-state index is 14.4. The zero-order chi connectivity index (χ0) is 20.6. The summed E-state index contributed by atoms with van der Waals surface area (Å²) in [5.74, 6) is -1.41. The highest BCUT2D eigenvalue weighted by Crippen LogP contribution is 2.30. The van der Waals surface area contributed by atoms with E-state index in [-0.39, 0.29) is 53.6 Å². The second-order valence-corrected chi connectivity index (χ2v) is 7.32. The lowest BCUT2D eigenvalue weighted by Gasteiger charge is -2.39. The number of benzene rings is 1. The van der Waals surface area contributed by atoms with Crippen LogP contribution >= 0.6 is 11.6 Å². The molecule has 0 amide bonds. The Morgan fingerprint density at radius 3 is 2.59 bits per heavy atom. The number of nitrogens with zero attached hydrogens (tertiary/aromatic N) is 2. The molecule has 154 valence electrons. The summed E-state index contributed by atoms with van der Waals surface area (Å²) in [5, 5.41) is 21.7. The van der Waals surface area contributed by atoms with Gasteiger partial charge in [-0.3, -0.25) is 0 Å². The van der Waals surface area contributed by atoms with Gasteiger partial charge in [-0.05, 0) is 6.07 Å². The molecule has 2 aromatic heterocycles. The number of nitrogens with one attached hydrogen (secondary N) is 2. The predicted octanol–water partition coefficient (Wildman–Crippen LogP) is 2.59. The van der Waals surface area contributed by atoms with Gasteiger partial charge in [-0.25, -0.2) is 13.8 Å². The Bertz CT molecular complexity index is 1030. The molecule has 8 nitrogen and oxygen atoms in total. The number of aromatic amines is 1. The van der Waals surface area contributed by atoms with E-state index in [0.29, 0.717) is 18.7 Å². The van der Waals surface area contributed by atoms with Crippen LogP contribution in [0.3, 0.4) is 0 Å².